The third-order valence-corrected chi connectivity index (χ3v) is 5.12. The smallest absolute Gasteiger partial charge is 0.338 e. The highest BCUT2D eigenvalue weighted by Gasteiger charge is 2.29. The molecule has 1 aliphatic heterocycles. The Balaban J connectivity index is 1.84. The first-order valence-electron chi connectivity index (χ1n) is 10.2. The van der Waals surface area contributed by atoms with Crippen LogP contribution in [-0.2, 0) is 14.2 Å². The maximum atomic E-state index is 12.3. The molecular formula is C23H34O4. The lowest BCUT2D eigenvalue weighted by Crippen LogP contribution is -2.33. The summed E-state index contributed by atoms with van der Waals surface area (Å²) in [6.45, 7) is 10.7. The van der Waals surface area contributed by atoms with Gasteiger partial charge in [-0.25, -0.2) is 4.79 Å². The predicted molar refractivity (Wildman–Crippen MR) is 108 cm³/mol. The fourth-order valence-corrected chi connectivity index (χ4v) is 3.29. The maximum absolute atomic E-state index is 12.3. The minimum atomic E-state index is -0.386. The van der Waals surface area contributed by atoms with Crippen molar-refractivity contribution >= 4 is 5.97 Å². The van der Waals surface area contributed by atoms with Gasteiger partial charge in [0.15, 0.2) is 6.29 Å². The molecule has 1 heterocycles. The van der Waals surface area contributed by atoms with E-state index >= 15 is 0 Å². The van der Waals surface area contributed by atoms with Crippen molar-refractivity contribution in [1.82, 2.24) is 0 Å². The Hall–Kier alpha value is -1.65. The molecule has 0 spiro atoms. The second-order valence-electron chi connectivity index (χ2n) is 7.48. The molecule has 4 heteroatoms. The summed E-state index contributed by atoms with van der Waals surface area (Å²) in [4.78, 5) is 12.3. The van der Waals surface area contributed by atoms with Gasteiger partial charge in [0.2, 0.25) is 0 Å². The molecule has 4 nitrogen and oxygen atoms in total. The van der Waals surface area contributed by atoms with E-state index < -0.39 is 0 Å². The van der Waals surface area contributed by atoms with Gasteiger partial charge in [-0.1, -0.05) is 44.4 Å². The number of esters is 1. The molecule has 1 aliphatic rings. The van der Waals surface area contributed by atoms with Gasteiger partial charge in [0, 0.05) is 11.5 Å². The molecule has 0 saturated carbocycles. The van der Waals surface area contributed by atoms with Gasteiger partial charge >= 0.3 is 5.97 Å². The third-order valence-electron chi connectivity index (χ3n) is 5.12. The first kappa shape index (κ1) is 21.6. The molecule has 0 amide bonds. The van der Waals surface area contributed by atoms with Crippen LogP contribution in [0.1, 0.15) is 81.5 Å². The van der Waals surface area contributed by atoms with Gasteiger partial charge in [-0.3, -0.25) is 0 Å². The molecule has 4 atom stereocenters. The number of hydrogen-bond acceptors (Lipinski definition) is 4. The van der Waals surface area contributed by atoms with Crippen molar-refractivity contribution in [2.45, 2.75) is 77.8 Å². The van der Waals surface area contributed by atoms with Crippen LogP contribution >= 0.6 is 0 Å². The summed E-state index contributed by atoms with van der Waals surface area (Å²) in [7, 11) is 0. The lowest BCUT2D eigenvalue weighted by molar-refractivity contribution is -0.235. The van der Waals surface area contributed by atoms with Gasteiger partial charge in [-0.15, -0.1) is 6.58 Å². The third kappa shape index (κ3) is 6.78. The molecule has 1 aromatic carbocycles. The van der Waals surface area contributed by atoms with Crippen LogP contribution in [0.2, 0.25) is 0 Å². The quantitative estimate of drug-likeness (QED) is 0.294. The van der Waals surface area contributed by atoms with E-state index in [-0.39, 0.29) is 24.5 Å². The predicted octanol–water partition coefficient (Wildman–Crippen LogP) is 5.83. The minimum Gasteiger partial charge on any atom is -0.459 e. The highest BCUT2D eigenvalue weighted by Crippen LogP contribution is 2.30. The second kappa shape index (κ2) is 11.3. The molecule has 27 heavy (non-hydrogen) atoms. The van der Waals surface area contributed by atoms with Gasteiger partial charge < -0.3 is 14.2 Å². The number of rotatable bonds is 10. The van der Waals surface area contributed by atoms with Gasteiger partial charge in [0.1, 0.15) is 0 Å². The van der Waals surface area contributed by atoms with Crippen molar-refractivity contribution in [3.05, 3.63) is 48.0 Å². The summed E-state index contributed by atoms with van der Waals surface area (Å²) in [5.74, 6) is 0.0706. The Morgan fingerprint density at radius 1 is 1.30 bits per heavy atom. The molecule has 2 rings (SSSR count). The lowest BCUT2D eigenvalue weighted by atomic mass is 9.99. The minimum absolute atomic E-state index is 0.0540. The molecule has 1 saturated heterocycles. The summed E-state index contributed by atoms with van der Waals surface area (Å²) >= 11 is 0. The number of benzene rings is 1. The van der Waals surface area contributed by atoms with E-state index in [0.717, 1.165) is 24.8 Å². The van der Waals surface area contributed by atoms with Crippen molar-refractivity contribution in [1.29, 1.82) is 0 Å². The van der Waals surface area contributed by atoms with Crippen molar-refractivity contribution < 1.29 is 19.0 Å². The zero-order valence-corrected chi connectivity index (χ0v) is 17.0. The molecule has 0 bridgehead atoms. The number of hydrogen-bond donors (Lipinski definition) is 0. The van der Waals surface area contributed by atoms with Crippen LogP contribution in [0, 0.1) is 5.92 Å². The molecule has 150 valence electrons. The fraction of sp³-hybridized carbons (Fsp3) is 0.609. The van der Waals surface area contributed by atoms with Crippen LogP contribution in [0.4, 0.5) is 0 Å². The van der Waals surface area contributed by atoms with Gasteiger partial charge in [0.05, 0.1) is 24.4 Å². The van der Waals surface area contributed by atoms with E-state index in [1.54, 1.807) is 12.1 Å². The molecule has 0 aliphatic carbocycles. The molecule has 0 aromatic heterocycles. The Labute approximate surface area is 163 Å². The van der Waals surface area contributed by atoms with Crippen LogP contribution in [0.5, 0.6) is 0 Å². The summed E-state index contributed by atoms with van der Waals surface area (Å²) in [5, 5.41) is 0. The van der Waals surface area contributed by atoms with Crippen molar-refractivity contribution in [2.24, 2.45) is 5.92 Å². The average molecular weight is 375 g/mol. The summed E-state index contributed by atoms with van der Waals surface area (Å²) in [6, 6.07) is 7.34. The maximum Gasteiger partial charge on any atom is 0.338 e. The second-order valence-corrected chi connectivity index (χ2v) is 7.48. The highest BCUT2D eigenvalue weighted by atomic mass is 16.7. The summed E-state index contributed by atoms with van der Waals surface area (Å²) in [5.41, 5.74) is 1.48. The van der Waals surface area contributed by atoms with E-state index in [9.17, 15) is 4.79 Å². The number of ether oxygens (including phenoxy) is 3. The fourth-order valence-electron chi connectivity index (χ4n) is 3.29. The number of unbranched alkanes of at least 4 members (excludes halogenated alkanes) is 3. The van der Waals surface area contributed by atoms with E-state index in [1.807, 2.05) is 25.1 Å². The number of carbonyl (C=O) groups is 1. The van der Waals surface area contributed by atoms with E-state index in [4.69, 9.17) is 14.2 Å². The van der Waals surface area contributed by atoms with Gasteiger partial charge in [-0.05, 0) is 45.2 Å². The Bertz CT molecular complexity index is 581. The standard InChI is InChI=1S/C23H34O4/c1-5-7-8-9-11-17(3)26-22(24)19-12-14-20(15-13-19)23-25-16-21(10-6-2)18(4)27-23/h6,12-15,17-18,21,23H,2,5,7-11,16H2,1,3-4H3. The Morgan fingerprint density at radius 3 is 2.67 bits per heavy atom. The first-order chi connectivity index (χ1) is 13.0. The normalized spacial score (nSPS) is 23.6. The lowest BCUT2D eigenvalue weighted by Gasteiger charge is -2.34. The average Bonchev–Trinajstić information content (AvgIpc) is 2.67. The zero-order chi connectivity index (χ0) is 19.6. The SMILES string of the molecule is C=CCC1COC(c2ccc(C(=O)OC(C)CCCCCC)cc2)OC1C. The Kier molecular flexibility index (Phi) is 9.02. The number of allylic oxidation sites excluding steroid dienone is 1. The van der Waals surface area contributed by atoms with Crippen molar-refractivity contribution in [3.8, 4) is 0 Å². The van der Waals surface area contributed by atoms with Crippen molar-refractivity contribution in [2.75, 3.05) is 6.61 Å². The monoisotopic (exact) mass is 374 g/mol. The van der Waals surface area contributed by atoms with E-state index in [0.29, 0.717) is 18.1 Å². The first-order valence-corrected chi connectivity index (χ1v) is 10.2. The van der Waals surface area contributed by atoms with Crippen LogP contribution < -0.4 is 0 Å². The highest BCUT2D eigenvalue weighted by molar-refractivity contribution is 5.89. The van der Waals surface area contributed by atoms with Gasteiger partial charge in [0.25, 0.3) is 0 Å². The summed E-state index contributed by atoms with van der Waals surface area (Å²) < 4.78 is 17.4. The van der Waals surface area contributed by atoms with Crippen LogP contribution in [0.25, 0.3) is 0 Å². The van der Waals surface area contributed by atoms with E-state index in [1.165, 1.54) is 19.3 Å². The van der Waals surface area contributed by atoms with Gasteiger partial charge in [-0.2, -0.15) is 0 Å². The molecule has 1 fully saturated rings. The molecule has 0 N–H and O–H groups in total. The van der Waals surface area contributed by atoms with E-state index in [2.05, 4.69) is 20.4 Å². The largest absolute Gasteiger partial charge is 0.459 e. The number of carbonyl (C=O) groups excluding carboxylic acids is 1. The zero-order valence-electron chi connectivity index (χ0n) is 17.0. The molecule has 1 aromatic rings. The Morgan fingerprint density at radius 2 is 2.04 bits per heavy atom. The van der Waals surface area contributed by atoms with Crippen LogP contribution in [-0.4, -0.2) is 24.8 Å². The van der Waals surface area contributed by atoms with Crippen LogP contribution in [0.15, 0.2) is 36.9 Å². The molecular weight excluding hydrogens is 340 g/mol. The molecule has 0 radical (unpaired) electrons. The molecule has 4 unspecified atom stereocenters. The summed E-state index contributed by atoms with van der Waals surface area (Å²) in [6.07, 6.45) is 8.11. The van der Waals surface area contributed by atoms with Crippen LogP contribution in [0.3, 0.4) is 0 Å². The topological polar surface area (TPSA) is 44.8 Å². The van der Waals surface area contributed by atoms with Crippen molar-refractivity contribution in [3.63, 3.8) is 0 Å².